The first-order chi connectivity index (χ1) is 10.7. The Bertz CT molecular complexity index is 487. The number of amides is 1. The van der Waals surface area contributed by atoms with Gasteiger partial charge >= 0.3 is 0 Å². The fourth-order valence-electron chi connectivity index (χ4n) is 2.59. The number of carbonyl (C=O) groups excluding carboxylic acids is 1. The van der Waals surface area contributed by atoms with Crippen LogP contribution in [0.2, 0.25) is 0 Å². The SMILES string of the molecule is COc1cc(NCCC(=O)NCCN2CCCC2)ccc1N. The van der Waals surface area contributed by atoms with Gasteiger partial charge in [0.1, 0.15) is 5.75 Å². The van der Waals surface area contributed by atoms with Crippen LogP contribution in [0.1, 0.15) is 19.3 Å². The summed E-state index contributed by atoms with van der Waals surface area (Å²) in [4.78, 5) is 14.2. The summed E-state index contributed by atoms with van der Waals surface area (Å²) in [6.45, 7) is 4.60. The van der Waals surface area contributed by atoms with Gasteiger partial charge in [-0.3, -0.25) is 4.79 Å². The van der Waals surface area contributed by atoms with Gasteiger partial charge in [0.15, 0.2) is 0 Å². The Hall–Kier alpha value is -1.95. The van der Waals surface area contributed by atoms with Crippen molar-refractivity contribution in [2.24, 2.45) is 0 Å². The second-order valence-corrected chi connectivity index (χ2v) is 5.53. The minimum atomic E-state index is 0.0779. The van der Waals surface area contributed by atoms with Gasteiger partial charge in [0, 0.05) is 37.8 Å². The molecule has 22 heavy (non-hydrogen) atoms. The molecule has 1 fully saturated rings. The molecule has 1 heterocycles. The third-order valence-corrected chi connectivity index (χ3v) is 3.86. The topological polar surface area (TPSA) is 79.6 Å². The molecule has 1 saturated heterocycles. The van der Waals surface area contributed by atoms with E-state index in [-0.39, 0.29) is 5.91 Å². The van der Waals surface area contributed by atoms with Gasteiger partial charge in [0.25, 0.3) is 0 Å². The lowest BCUT2D eigenvalue weighted by Crippen LogP contribution is -2.34. The van der Waals surface area contributed by atoms with Gasteiger partial charge in [-0.2, -0.15) is 0 Å². The van der Waals surface area contributed by atoms with Gasteiger partial charge < -0.3 is 26.0 Å². The Kier molecular flexibility index (Phi) is 6.33. The molecule has 0 spiro atoms. The van der Waals surface area contributed by atoms with Crippen LogP contribution in [0.25, 0.3) is 0 Å². The van der Waals surface area contributed by atoms with Crippen LogP contribution in [0.4, 0.5) is 11.4 Å². The predicted molar refractivity (Wildman–Crippen MR) is 89.2 cm³/mol. The summed E-state index contributed by atoms with van der Waals surface area (Å²) in [6.07, 6.45) is 3.01. The van der Waals surface area contributed by atoms with Gasteiger partial charge in [-0.25, -0.2) is 0 Å². The molecular weight excluding hydrogens is 280 g/mol. The first kappa shape index (κ1) is 16.4. The standard InChI is InChI=1S/C16H26N4O2/c1-22-15-12-13(4-5-14(15)17)18-7-6-16(21)19-8-11-20-9-2-3-10-20/h4-5,12,18H,2-3,6-11,17H2,1H3,(H,19,21). The lowest BCUT2D eigenvalue weighted by atomic mass is 10.2. The molecule has 0 saturated carbocycles. The van der Waals surface area contributed by atoms with Crippen LogP contribution in [0.15, 0.2) is 18.2 Å². The Balaban J connectivity index is 1.62. The van der Waals surface area contributed by atoms with Crippen LogP contribution < -0.4 is 21.1 Å². The zero-order chi connectivity index (χ0) is 15.8. The number of ether oxygens (including phenoxy) is 1. The van der Waals surface area contributed by atoms with Gasteiger partial charge in [-0.1, -0.05) is 0 Å². The van der Waals surface area contributed by atoms with Crippen molar-refractivity contribution in [3.05, 3.63) is 18.2 Å². The Morgan fingerprint density at radius 1 is 1.32 bits per heavy atom. The lowest BCUT2D eigenvalue weighted by molar-refractivity contribution is -0.120. The maximum Gasteiger partial charge on any atom is 0.221 e. The molecule has 0 unspecified atom stereocenters. The number of nitrogens with zero attached hydrogens (tertiary/aromatic N) is 1. The molecule has 0 bridgehead atoms. The summed E-state index contributed by atoms with van der Waals surface area (Å²) in [6, 6.07) is 5.50. The molecule has 1 amide bonds. The molecule has 0 atom stereocenters. The van der Waals surface area contributed by atoms with Crippen LogP contribution in [-0.2, 0) is 4.79 Å². The quantitative estimate of drug-likeness (QED) is 0.631. The molecule has 0 aliphatic carbocycles. The molecule has 1 aromatic carbocycles. The van der Waals surface area contributed by atoms with E-state index in [9.17, 15) is 4.79 Å². The summed E-state index contributed by atoms with van der Waals surface area (Å²) < 4.78 is 5.17. The van der Waals surface area contributed by atoms with Crippen LogP contribution in [-0.4, -0.2) is 50.6 Å². The molecule has 0 aromatic heterocycles. The Morgan fingerprint density at radius 3 is 2.82 bits per heavy atom. The number of nitrogens with one attached hydrogen (secondary N) is 2. The van der Waals surface area contributed by atoms with Crippen molar-refractivity contribution in [2.45, 2.75) is 19.3 Å². The molecule has 1 aliphatic heterocycles. The number of rotatable bonds is 8. The molecule has 6 heteroatoms. The fourth-order valence-corrected chi connectivity index (χ4v) is 2.59. The van der Waals surface area contributed by atoms with E-state index < -0.39 is 0 Å². The number of hydrogen-bond donors (Lipinski definition) is 3. The van der Waals surface area contributed by atoms with Crippen molar-refractivity contribution in [3.8, 4) is 5.75 Å². The molecule has 1 aromatic rings. The number of nitrogens with two attached hydrogens (primary N) is 1. The maximum atomic E-state index is 11.8. The van der Waals surface area contributed by atoms with Crippen molar-refractivity contribution in [3.63, 3.8) is 0 Å². The second-order valence-electron chi connectivity index (χ2n) is 5.53. The zero-order valence-electron chi connectivity index (χ0n) is 13.2. The lowest BCUT2D eigenvalue weighted by Gasteiger charge is -2.15. The van der Waals surface area contributed by atoms with E-state index in [0.717, 1.165) is 31.9 Å². The molecular formula is C16H26N4O2. The van der Waals surface area contributed by atoms with Crippen LogP contribution in [0, 0.1) is 0 Å². The summed E-state index contributed by atoms with van der Waals surface area (Å²) in [7, 11) is 1.59. The second kappa shape index (κ2) is 8.48. The van der Waals surface area contributed by atoms with E-state index in [2.05, 4.69) is 15.5 Å². The van der Waals surface area contributed by atoms with Crippen LogP contribution >= 0.6 is 0 Å². The predicted octanol–water partition coefficient (Wildman–Crippen LogP) is 1.29. The van der Waals surface area contributed by atoms with Crippen molar-refractivity contribution in [2.75, 3.05) is 50.9 Å². The highest BCUT2D eigenvalue weighted by Crippen LogP contribution is 2.24. The first-order valence-corrected chi connectivity index (χ1v) is 7.85. The van der Waals surface area contributed by atoms with E-state index >= 15 is 0 Å². The number of nitrogen functional groups attached to an aromatic ring is 1. The minimum absolute atomic E-state index is 0.0779. The number of methoxy groups -OCH3 is 1. The number of benzene rings is 1. The third kappa shape index (κ3) is 5.11. The molecule has 4 N–H and O–H groups in total. The van der Waals surface area contributed by atoms with Crippen LogP contribution in [0.5, 0.6) is 5.75 Å². The van der Waals surface area contributed by atoms with E-state index in [1.165, 1.54) is 12.8 Å². The monoisotopic (exact) mass is 306 g/mol. The average molecular weight is 306 g/mol. The van der Waals surface area contributed by atoms with Gasteiger partial charge in [0.05, 0.1) is 12.8 Å². The summed E-state index contributed by atoms with van der Waals surface area (Å²) in [5, 5.41) is 6.16. The van der Waals surface area contributed by atoms with E-state index in [1.807, 2.05) is 12.1 Å². The number of carbonyl (C=O) groups is 1. The van der Waals surface area contributed by atoms with Gasteiger partial charge in [-0.15, -0.1) is 0 Å². The van der Waals surface area contributed by atoms with Gasteiger partial charge in [-0.05, 0) is 38.1 Å². The van der Waals surface area contributed by atoms with Crippen molar-refractivity contribution < 1.29 is 9.53 Å². The summed E-state index contributed by atoms with van der Waals surface area (Å²) in [5.74, 6) is 0.717. The van der Waals surface area contributed by atoms with E-state index in [1.54, 1.807) is 13.2 Å². The fraction of sp³-hybridized carbons (Fsp3) is 0.562. The maximum absolute atomic E-state index is 11.8. The summed E-state index contributed by atoms with van der Waals surface area (Å²) in [5.41, 5.74) is 7.27. The third-order valence-electron chi connectivity index (χ3n) is 3.86. The molecule has 1 aliphatic rings. The minimum Gasteiger partial charge on any atom is -0.495 e. The summed E-state index contributed by atoms with van der Waals surface area (Å²) >= 11 is 0. The molecule has 6 nitrogen and oxygen atoms in total. The highest BCUT2D eigenvalue weighted by atomic mass is 16.5. The highest BCUT2D eigenvalue weighted by molar-refractivity contribution is 5.76. The highest BCUT2D eigenvalue weighted by Gasteiger charge is 2.11. The van der Waals surface area contributed by atoms with Gasteiger partial charge in [0.2, 0.25) is 5.91 Å². The average Bonchev–Trinajstić information content (AvgIpc) is 3.02. The Morgan fingerprint density at radius 2 is 2.09 bits per heavy atom. The zero-order valence-corrected chi connectivity index (χ0v) is 13.2. The smallest absolute Gasteiger partial charge is 0.221 e. The van der Waals surface area contributed by atoms with Crippen molar-refractivity contribution in [1.82, 2.24) is 10.2 Å². The number of likely N-dealkylation sites (tertiary alicyclic amines) is 1. The van der Waals surface area contributed by atoms with E-state index in [4.69, 9.17) is 10.5 Å². The molecule has 122 valence electrons. The first-order valence-electron chi connectivity index (χ1n) is 7.85. The Labute approximate surface area is 132 Å². The number of hydrogen-bond acceptors (Lipinski definition) is 5. The van der Waals surface area contributed by atoms with E-state index in [0.29, 0.717) is 24.4 Å². The number of anilines is 2. The van der Waals surface area contributed by atoms with Crippen molar-refractivity contribution >= 4 is 17.3 Å². The molecule has 0 radical (unpaired) electrons. The van der Waals surface area contributed by atoms with Crippen molar-refractivity contribution in [1.29, 1.82) is 0 Å². The normalized spacial score (nSPS) is 14.8. The van der Waals surface area contributed by atoms with Crippen LogP contribution in [0.3, 0.4) is 0 Å². The molecule has 2 rings (SSSR count). The largest absolute Gasteiger partial charge is 0.495 e.